The van der Waals surface area contributed by atoms with Crippen LogP contribution in [0.5, 0.6) is 5.88 Å². The number of ether oxygens (including phenoxy) is 1. The van der Waals surface area contributed by atoms with Crippen LogP contribution in [0.1, 0.15) is 23.0 Å². The van der Waals surface area contributed by atoms with Crippen molar-refractivity contribution in [2.24, 2.45) is 5.73 Å². The second kappa shape index (κ2) is 3.25. The zero-order chi connectivity index (χ0) is 9.14. The van der Waals surface area contributed by atoms with E-state index in [1.165, 1.54) is 0 Å². The number of amides is 1. The Morgan fingerprint density at radius 2 is 2.42 bits per heavy atom. The molecular weight excluding hydrogens is 160 g/mol. The zero-order valence-electron chi connectivity index (χ0n) is 6.96. The van der Waals surface area contributed by atoms with Gasteiger partial charge in [0.05, 0.1) is 12.2 Å². The van der Waals surface area contributed by atoms with Gasteiger partial charge in [0.15, 0.2) is 0 Å². The monoisotopic (exact) mass is 170 g/mol. The minimum absolute atomic E-state index is 0.0541. The molecule has 0 aliphatic rings. The Morgan fingerprint density at radius 1 is 1.75 bits per heavy atom. The lowest BCUT2D eigenvalue weighted by Crippen LogP contribution is -2.11. The second-order valence-corrected chi connectivity index (χ2v) is 2.24. The Morgan fingerprint density at radius 3 is 2.83 bits per heavy atom. The van der Waals surface area contributed by atoms with Crippen molar-refractivity contribution in [3.63, 3.8) is 0 Å². The fourth-order valence-electron chi connectivity index (χ4n) is 0.822. The fraction of sp³-hybridized carbons (Fsp3) is 0.429. The molecule has 5 heteroatoms. The van der Waals surface area contributed by atoms with Crippen molar-refractivity contribution in [2.45, 2.75) is 13.8 Å². The standard InChI is InChI=1S/C7H10N2O3/c1-3-11-7-4(2)5(6(8)10)12-9-7/h3H2,1-2H3,(H2,8,10). The first kappa shape index (κ1) is 8.58. The molecule has 0 unspecified atom stereocenters. The van der Waals surface area contributed by atoms with Crippen LogP contribution in [0, 0.1) is 6.92 Å². The highest BCUT2D eigenvalue weighted by atomic mass is 16.5. The molecule has 2 N–H and O–H groups in total. The summed E-state index contributed by atoms with van der Waals surface area (Å²) in [6.07, 6.45) is 0. The lowest BCUT2D eigenvalue weighted by molar-refractivity contribution is 0.0964. The summed E-state index contributed by atoms with van der Waals surface area (Å²) in [6.45, 7) is 3.96. The molecule has 0 radical (unpaired) electrons. The van der Waals surface area contributed by atoms with Crippen LogP contribution >= 0.6 is 0 Å². The topological polar surface area (TPSA) is 78.3 Å². The maximum absolute atomic E-state index is 10.7. The first-order chi connectivity index (χ1) is 5.66. The van der Waals surface area contributed by atoms with Gasteiger partial charge in [-0.2, -0.15) is 0 Å². The molecule has 0 fully saturated rings. The Balaban J connectivity index is 2.96. The molecule has 1 heterocycles. The van der Waals surface area contributed by atoms with E-state index in [9.17, 15) is 4.79 Å². The van der Waals surface area contributed by atoms with Crippen LogP contribution in [0.3, 0.4) is 0 Å². The van der Waals surface area contributed by atoms with Crippen molar-refractivity contribution in [3.05, 3.63) is 11.3 Å². The number of carbonyl (C=O) groups is 1. The van der Waals surface area contributed by atoms with Crippen molar-refractivity contribution in [3.8, 4) is 5.88 Å². The number of hydrogen-bond donors (Lipinski definition) is 1. The fourth-order valence-corrected chi connectivity index (χ4v) is 0.822. The molecular formula is C7H10N2O3. The Labute approximate surface area is 69.5 Å². The molecule has 0 bridgehead atoms. The van der Waals surface area contributed by atoms with Crippen molar-refractivity contribution >= 4 is 5.91 Å². The largest absolute Gasteiger partial charge is 0.476 e. The third kappa shape index (κ3) is 1.39. The summed E-state index contributed by atoms with van der Waals surface area (Å²) in [5, 5.41) is 3.53. The van der Waals surface area contributed by atoms with Crippen molar-refractivity contribution in [1.29, 1.82) is 0 Å². The molecule has 0 aliphatic heterocycles. The summed E-state index contributed by atoms with van der Waals surface area (Å²) in [4.78, 5) is 10.7. The molecule has 1 aromatic rings. The quantitative estimate of drug-likeness (QED) is 0.715. The second-order valence-electron chi connectivity index (χ2n) is 2.24. The predicted octanol–water partition coefficient (Wildman–Crippen LogP) is 0.481. The highest BCUT2D eigenvalue weighted by molar-refractivity contribution is 5.91. The number of nitrogens with two attached hydrogens (primary N) is 1. The van der Waals surface area contributed by atoms with E-state index >= 15 is 0 Å². The Kier molecular flexibility index (Phi) is 2.32. The third-order valence-corrected chi connectivity index (χ3v) is 1.39. The average Bonchev–Trinajstić information content (AvgIpc) is 2.34. The van der Waals surface area contributed by atoms with Crippen molar-refractivity contribution in [2.75, 3.05) is 6.61 Å². The van der Waals surface area contributed by atoms with Crippen molar-refractivity contribution < 1.29 is 14.1 Å². The van der Waals surface area contributed by atoms with Crippen LogP contribution in [-0.2, 0) is 0 Å². The van der Waals surface area contributed by atoms with Crippen LogP contribution in [0.25, 0.3) is 0 Å². The van der Waals surface area contributed by atoms with E-state index < -0.39 is 5.91 Å². The lowest BCUT2D eigenvalue weighted by atomic mass is 10.3. The molecule has 0 spiro atoms. The Bertz CT molecular complexity index is 293. The van der Waals surface area contributed by atoms with Gasteiger partial charge in [-0.15, -0.1) is 0 Å². The third-order valence-electron chi connectivity index (χ3n) is 1.39. The van der Waals surface area contributed by atoms with Gasteiger partial charge in [-0.25, -0.2) is 0 Å². The van der Waals surface area contributed by atoms with Crippen molar-refractivity contribution in [1.82, 2.24) is 5.16 Å². The van der Waals surface area contributed by atoms with Gasteiger partial charge in [0.1, 0.15) is 0 Å². The van der Waals surface area contributed by atoms with Gasteiger partial charge in [0.2, 0.25) is 5.76 Å². The minimum atomic E-state index is -0.633. The molecule has 0 atom stereocenters. The maximum atomic E-state index is 10.7. The highest BCUT2D eigenvalue weighted by Crippen LogP contribution is 2.19. The zero-order valence-corrected chi connectivity index (χ0v) is 6.96. The first-order valence-electron chi connectivity index (χ1n) is 3.55. The number of hydrogen-bond acceptors (Lipinski definition) is 4. The van der Waals surface area contributed by atoms with Gasteiger partial charge in [-0.3, -0.25) is 4.79 Å². The van der Waals surface area contributed by atoms with Crippen LogP contribution in [0.2, 0.25) is 0 Å². The number of aromatic nitrogens is 1. The number of nitrogens with zero attached hydrogens (tertiary/aromatic N) is 1. The highest BCUT2D eigenvalue weighted by Gasteiger charge is 2.16. The van der Waals surface area contributed by atoms with E-state index in [1.807, 2.05) is 6.92 Å². The SMILES string of the molecule is CCOc1noc(C(N)=O)c1C. The molecule has 0 aliphatic carbocycles. The van der Waals surface area contributed by atoms with E-state index in [1.54, 1.807) is 6.92 Å². The van der Waals surface area contributed by atoms with Crippen LogP contribution in [0.15, 0.2) is 4.52 Å². The predicted molar refractivity (Wildman–Crippen MR) is 40.9 cm³/mol. The van der Waals surface area contributed by atoms with Crippen LogP contribution in [0.4, 0.5) is 0 Å². The van der Waals surface area contributed by atoms with Gasteiger partial charge in [0, 0.05) is 0 Å². The first-order valence-corrected chi connectivity index (χ1v) is 3.55. The van der Waals surface area contributed by atoms with E-state index in [4.69, 9.17) is 10.5 Å². The van der Waals surface area contributed by atoms with Crippen LogP contribution < -0.4 is 10.5 Å². The minimum Gasteiger partial charge on any atom is -0.476 e. The van der Waals surface area contributed by atoms with E-state index in [0.29, 0.717) is 18.1 Å². The molecule has 5 nitrogen and oxygen atoms in total. The molecule has 1 amide bonds. The van der Waals surface area contributed by atoms with Crippen LogP contribution in [-0.4, -0.2) is 17.7 Å². The van der Waals surface area contributed by atoms with E-state index in [2.05, 4.69) is 9.68 Å². The van der Waals surface area contributed by atoms with Gasteiger partial charge >= 0.3 is 0 Å². The summed E-state index contributed by atoms with van der Waals surface area (Å²) in [5.74, 6) is -0.254. The number of rotatable bonds is 3. The van der Waals surface area contributed by atoms with Gasteiger partial charge in [-0.1, -0.05) is 0 Å². The molecule has 0 saturated heterocycles. The summed E-state index contributed by atoms with van der Waals surface area (Å²) < 4.78 is 9.71. The molecule has 12 heavy (non-hydrogen) atoms. The molecule has 1 aromatic heterocycles. The smallest absolute Gasteiger partial charge is 0.287 e. The summed E-state index contributed by atoms with van der Waals surface area (Å²) in [7, 11) is 0. The Hall–Kier alpha value is -1.52. The average molecular weight is 170 g/mol. The van der Waals surface area contributed by atoms with Gasteiger partial charge in [-0.05, 0) is 19.0 Å². The number of carbonyl (C=O) groups excluding carboxylic acids is 1. The maximum Gasteiger partial charge on any atom is 0.287 e. The van der Waals surface area contributed by atoms with Gasteiger partial charge in [0.25, 0.3) is 11.8 Å². The lowest BCUT2D eigenvalue weighted by Gasteiger charge is -1.95. The summed E-state index contributed by atoms with van der Waals surface area (Å²) in [6, 6.07) is 0. The van der Waals surface area contributed by atoms with Gasteiger partial charge < -0.3 is 15.0 Å². The normalized spacial score (nSPS) is 9.83. The summed E-state index contributed by atoms with van der Waals surface area (Å²) >= 11 is 0. The molecule has 1 rings (SSSR count). The molecule has 0 saturated carbocycles. The molecule has 0 aromatic carbocycles. The van der Waals surface area contributed by atoms with E-state index in [-0.39, 0.29) is 5.76 Å². The van der Waals surface area contributed by atoms with E-state index in [0.717, 1.165) is 0 Å². The molecule has 66 valence electrons. The summed E-state index contributed by atoms with van der Waals surface area (Å²) in [5.41, 5.74) is 5.54. The number of primary amides is 1.